The number of amides is 1. The molecule has 4 aromatic rings. The van der Waals surface area contributed by atoms with Crippen LogP contribution >= 0.6 is 11.3 Å². The number of aliphatic hydroxyl groups excluding tert-OH is 1. The highest BCUT2D eigenvalue weighted by Gasteiger charge is 2.45. The predicted molar refractivity (Wildman–Crippen MR) is 159 cm³/mol. The molecule has 0 aliphatic carbocycles. The number of aryl methyl sites for hydroxylation is 1. The van der Waals surface area contributed by atoms with Gasteiger partial charge in [-0.3, -0.25) is 14.5 Å². The van der Waals surface area contributed by atoms with Gasteiger partial charge in [-0.25, -0.2) is 4.98 Å². The Morgan fingerprint density at radius 2 is 1.65 bits per heavy atom. The topological polar surface area (TPSA) is 79.7 Å². The highest BCUT2D eigenvalue weighted by Crippen LogP contribution is 2.44. The van der Waals surface area contributed by atoms with E-state index in [9.17, 15) is 14.7 Å². The second kappa shape index (κ2) is 10.7. The summed E-state index contributed by atoms with van der Waals surface area (Å²) in [7, 11) is 0. The van der Waals surface area contributed by atoms with Crippen molar-refractivity contribution >= 4 is 28.7 Å². The number of ketones is 1. The average molecular weight is 553 g/mol. The summed E-state index contributed by atoms with van der Waals surface area (Å²) in [5.74, 6) is -0.895. The van der Waals surface area contributed by atoms with Gasteiger partial charge in [0.2, 0.25) is 5.78 Å². The molecule has 0 spiro atoms. The molecule has 40 heavy (non-hydrogen) atoms. The third kappa shape index (κ3) is 5.05. The molecule has 6 nitrogen and oxygen atoms in total. The minimum Gasteiger partial charge on any atom is -0.503 e. The molecular formula is C33H32N2O4S. The van der Waals surface area contributed by atoms with Crippen molar-refractivity contribution in [3.8, 4) is 16.3 Å². The van der Waals surface area contributed by atoms with Gasteiger partial charge in [0.15, 0.2) is 5.76 Å². The van der Waals surface area contributed by atoms with Gasteiger partial charge in [0.1, 0.15) is 10.8 Å². The van der Waals surface area contributed by atoms with E-state index in [-0.39, 0.29) is 11.0 Å². The first-order valence-corrected chi connectivity index (χ1v) is 14.1. The second-order valence-electron chi connectivity index (χ2n) is 10.8. The number of carbonyl (C=O) groups is 2. The Labute approximate surface area is 238 Å². The monoisotopic (exact) mass is 552 g/mol. The van der Waals surface area contributed by atoms with E-state index < -0.39 is 23.5 Å². The van der Waals surface area contributed by atoms with Gasteiger partial charge >= 0.3 is 0 Å². The maximum atomic E-state index is 14.1. The van der Waals surface area contributed by atoms with Crippen LogP contribution in [0.2, 0.25) is 0 Å². The largest absolute Gasteiger partial charge is 0.503 e. The van der Waals surface area contributed by atoms with Gasteiger partial charge in [0.05, 0.1) is 28.8 Å². The average Bonchev–Trinajstić information content (AvgIpc) is 3.46. The van der Waals surface area contributed by atoms with Crippen molar-refractivity contribution in [2.75, 3.05) is 11.5 Å². The lowest BCUT2D eigenvalue weighted by molar-refractivity contribution is -0.117. The Bertz CT molecular complexity index is 1580. The molecule has 2 heterocycles. The Kier molecular flexibility index (Phi) is 7.34. The molecule has 0 fully saturated rings. The maximum absolute atomic E-state index is 14.1. The summed E-state index contributed by atoms with van der Waals surface area (Å²) in [5.41, 5.74) is 3.85. The SMILES string of the molecule is CCOc1ccc(N2C(=O)C(O)=C(C(=O)c3sc(-c4ccccc4)nc3C)C2c2ccc(C(C)(C)C)cc2)cc1. The van der Waals surface area contributed by atoms with E-state index >= 15 is 0 Å². The third-order valence-electron chi connectivity index (χ3n) is 6.99. The van der Waals surface area contributed by atoms with Gasteiger partial charge < -0.3 is 9.84 Å². The Morgan fingerprint density at radius 1 is 1.00 bits per heavy atom. The van der Waals surface area contributed by atoms with Crippen LogP contribution in [0.4, 0.5) is 5.69 Å². The first-order chi connectivity index (χ1) is 19.1. The molecule has 1 aliphatic heterocycles. The zero-order chi connectivity index (χ0) is 28.6. The van der Waals surface area contributed by atoms with E-state index in [0.29, 0.717) is 33.6 Å². The fourth-order valence-corrected chi connectivity index (χ4v) is 5.91. The van der Waals surface area contributed by atoms with Crippen LogP contribution in [0.5, 0.6) is 5.75 Å². The summed E-state index contributed by atoms with van der Waals surface area (Å²) in [6.45, 7) is 10.6. The summed E-state index contributed by atoms with van der Waals surface area (Å²) >= 11 is 1.27. The van der Waals surface area contributed by atoms with Crippen LogP contribution in [0.3, 0.4) is 0 Å². The molecule has 0 radical (unpaired) electrons. The molecule has 5 rings (SSSR count). The van der Waals surface area contributed by atoms with E-state index in [1.54, 1.807) is 31.2 Å². The fourth-order valence-electron chi connectivity index (χ4n) is 4.89. The van der Waals surface area contributed by atoms with Crippen molar-refractivity contribution < 1.29 is 19.4 Å². The van der Waals surface area contributed by atoms with Gasteiger partial charge in [-0.15, -0.1) is 11.3 Å². The summed E-state index contributed by atoms with van der Waals surface area (Å²) in [5, 5.41) is 11.9. The number of rotatable bonds is 7. The molecule has 1 N–H and O–H groups in total. The zero-order valence-corrected chi connectivity index (χ0v) is 24.1. The molecule has 0 bridgehead atoms. The molecule has 1 unspecified atom stereocenters. The quantitative estimate of drug-likeness (QED) is 0.239. The molecule has 0 saturated heterocycles. The van der Waals surface area contributed by atoms with Gasteiger partial charge in [0, 0.05) is 11.3 Å². The number of aliphatic hydroxyl groups is 1. The summed E-state index contributed by atoms with van der Waals surface area (Å²) in [4.78, 5) is 34.3. The van der Waals surface area contributed by atoms with Crippen molar-refractivity contribution in [2.24, 2.45) is 0 Å². The minimum absolute atomic E-state index is 0.0498. The Balaban J connectivity index is 1.61. The van der Waals surface area contributed by atoms with Crippen LogP contribution in [-0.4, -0.2) is 28.4 Å². The molecule has 3 aromatic carbocycles. The molecule has 7 heteroatoms. The number of nitrogens with zero attached hydrogens (tertiary/aromatic N) is 2. The number of aromatic nitrogens is 1. The van der Waals surface area contributed by atoms with Crippen LogP contribution in [0.25, 0.3) is 10.6 Å². The highest BCUT2D eigenvalue weighted by molar-refractivity contribution is 7.17. The van der Waals surface area contributed by atoms with E-state index in [4.69, 9.17) is 4.74 Å². The molecule has 1 aliphatic rings. The molecule has 0 saturated carbocycles. The van der Waals surface area contributed by atoms with Crippen LogP contribution in [-0.2, 0) is 10.2 Å². The number of ether oxygens (including phenoxy) is 1. The summed E-state index contributed by atoms with van der Waals surface area (Å²) in [6.07, 6.45) is 0. The number of hydrogen-bond donors (Lipinski definition) is 1. The van der Waals surface area contributed by atoms with Crippen molar-refractivity contribution in [1.82, 2.24) is 4.98 Å². The van der Waals surface area contributed by atoms with Crippen molar-refractivity contribution in [3.05, 3.63) is 112 Å². The number of carbonyl (C=O) groups excluding carboxylic acids is 2. The minimum atomic E-state index is -0.811. The lowest BCUT2D eigenvalue weighted by atomic mass is 9.85. The second-order valence-corrected chi connectivity index (χ2v) is 11.8. The highest BCUT2D eigenvalue weighted by atomic mass is 32.1. The zero-order valence-electron chi connectivity index (χ0n) is 23.3. The standard InChI is InChI=1S/C33H32N2O4S/c1-6-39-25-18-16-24(17-19-25)35-27(21-12-14-23(15-13-21)33(3,4)5)26(29(37)32(35)38)28(36)30-20(2)34-31(40-30)22-10-8-7-9-11-22/h7-19,27,37H,6H2,1-5H3. The van der Waals surface area contributed by atoms with Crippen molar-refractivity contribution in [3.63, 3.8) is 0 Å². The maximum Gasteiger partial charge on any atom is 0.294 e. The predicted octanol–water partition coefficient (Wildman–Crippen LogP) is 7.60. The summed E-state index contributed by atoms with van der Waals surface area (Å²) in [6, 6.07) is 23.8. The van der Waals surface area contributed by atoms with Crippen molar-refractivity contribution in [2.45, 2.75) is 46.1 Å². The fraction of sp³-hybridized carbons (Fsp3) is 0.242. The van der Waals surface area contributed by atoms with E-state index in [2.05, 4.69) is 25.8 Å². The lowest BCUT2D eigenvalue weighted by Crippen LogP contribution is -2.31. The van der Waals surface area contributed by atoms with E-state index in [1.807, 2.05) is 61.5 Å². The van der Waals surface area contributed by atoms with Crippen LogP contribution in [0.1, 0.15) is 60.2 Å². The van der Waals surface area contributed by atoms with Gasteiger partial charge in [0.25, 0.3) is 5.91 Å². The van der Waals surface area contributed by atoms with E-state index in [0.717, 1.165) is 16.7 Å². The first kappa shape index (κ1) is 27.3. The molecule has 204 valence electrons. The number of hydrogen-bond acceptors (Lipinski definition) is 6. The number of anilines is 1. The number of Topliss-reactive ketones (excluding diaryl/α,β-unsaturated/α-hetero) is 1. The van der Waals surface area contributed by atoms with Crippen LogP contribution < -0.4 is 9.64 Å². The van der Waals surface area contributed by atoms with Crippen LogP contribution in [0.15, 0.2) is 90.2 Å². The van der Waals surface area contributed by atoms with Gasteiger partial charge in [-0.1, -0.05) is 75.4 Å². The van der Waals surface area contributed by atoms with E-state index in [1.165, 1.54) is 16.2 Å². The number of benzene rings is 3. The number of thiazole rings is 1. The summed E-state index contributed by atoms with van der Waals surface area (Å²) < 4.78 is 5.57. The Morgan fingerprint density at radius 3 is 2.25 bits per heavy atom. The molecule has 1 amide bonds. The lowest BCUT2D eigenvalue weighted by Gasteiger charge is -2.28. The van der Waals surface area contributed by atoms with Crippen LogP contribution in [0, 0.1) is 6.92 Å². The molecular weight excluding hydrogens is 520 g/mol. The van der Waals surface area contributed by atoms with Crippen molar-refractivity contribution in [1.29, 1.82) is 0 Å². The van der Waals surface area contributed by atoms with Gasteiger partial charge in [-0.05, 0) is 54.7 Å². The Hall–Kier alpha value is -4.23. The first-order valence-electron chi connectivity index (χ1n) is 13.3. The smallest absolute Gasteiger partial charge is 0.294 e. The molecule has 1 atom stereocenters. The molecule has 1 aromatic heterocycles. The van der Waals surface area contributed by atoms with Gasteiger partial charge in [-0.2, -0.15) is 0 Å². The third-order valence-corrected chi connectivity index (χ3v) is 8.20. The normalized spacial score (nSPS) is 15.6.